The highest BCUT2D eigenvalue weighted by Crippen LogP contribution is 2.13. The molecule has 0 radical (unpaired) electrons. The summed E-state index contributed by atoms with van der Waals surface area (Å²) in [5.74, 6) is -3.49. The number of carbonyl (C=O) groups is 4. The van der Waals surface area contributed by atoms with Gasteiger partial charge < -0.3 is 19.7 Å². The van der Waals surface area contributed by atoms with Gasteiger partial charge in [0.25, 0.3) is 0 Å². The smallest absolute Gasteiger partial charge is 0.339 e. The zero-order chi connectivity index (χ0) is 26.8. The summed E-state index contributed by atoms with van der Waals surface area (Å²) in [5.41, 5.74) is 1.08. The number of carboxylic acids is 2. The third kappa shape index (κ3) is 11.8. The summed E-state index contributed by atoms with van der Waals surface area (Å²) in [7, 11) is 0. The molecule has 0 atom stereocenters. The molecule has 0 amide bonds. The summed E-state index contributed by atoms with van der Waals surface area (Å²) >= 11 is 0. The van der Waals surface area contributed by atoms with Gasteiger partial charge in [0.15, 0.2) is 0 Å². The van der Waals surface area contributed by atoms with Crippen LogP contribution in [0.1, 0.15) is 65.8 Å². The van der Waals surface area contributed by atoms with E-state index in [2.05, 4.69) is 0 Å². The van der Waals surface area contributed by atoms with E-state index in [0.717, 1.165) is 31.2 Å². The number of hydrogen-bond acceptors (Lipinski definition) is 6. The van der Waals surface area contributed by atoms with Crippen LogP contribution in [0.3, 0.4) is 0 Å². The maximum absolute atomic E-state index is 11.9. The number of benzene rings is 2. The monoisotopic (exact) mass is 496 g/mol. The van der Waals surface area contributed by atoms with Gasteiger partial charge >= 0.3 is 23.9 Å². The van der Waals surface area contributed by atoms with Gasteiger partial charge in [-0.05, 0) is 36.6 Å². The van der Waals surface area contributed by atoms with Crippen molar-refractivity contribution in [3.8, 4) is 0 Å². The molecule has 0 aliphatic carbocycles. The van der Waals surface area contributed by atoms with E-state index in [4.69, 9.17) is 19.7 Å². The van der Waals surface area contributed by atoms with Crippen molar-refractivity contribution >= 4 is 30.0 Å². The van der Waals surface area contributed by atoms with E-state index in [1.54, 1.807) is 54.6 Å². The lowest BCUT2D eigenvalue weighted by atomic mass is 10.1. The molecule has 8 nitrogen and oxygen atoms in total. The maximum atomic E-state index is 11.9. The lowest BCUT2D eigenvalue weighted by Crippen LogP contribution is -2.14. The van der Waals surface area contributed by atoms with Crippen molar-refractivity contribution in [2.24, 2.45) is 0 Å². The fourth-order valence-corrected chi connectivity index (χ4v) is 2.68. The third-order valence-electron chi connectivity index (χ3n) is 4.61. The Labute approximate surface area is 210 Å². The van der Waals surface area contributed by atoms with E-state index in [9.17, 15) is 19.2 Å². The van der Waals surface area contributed by atoms with Gasteiger partial charge in [-0.1, -0.05) is 75.2 Å². The number of hydrogen-bond donors (Lipinski definition) is 2. The van der Waals surface area contributed by atoms with E-state index in [1.807, 2.05) is 19.9 Å². The Hall–Kier alpha value is -4.20. The van der Waals surface area contributed by atoms with Crippen LogP contribution in [-0.4, -0.2) is 47.3 Å². The lowest BCUT2D eigenvalue weighted by Gasteiger charge is -2.09. The highest BCUT2D eigenvalue weighted by molar-refractivity contribution is 6.03. The molecule has 2 aromatic carbocycles. The van der Waals surface area contributed by atoms with Crippen molar-refractivity contribution in [2.75, 3.05) is 13.2 Å². The van der Waals surface area contributed by atoms with Crippen LogP contribution in [0, 0.1) is 0 Å². The van der Waals surface area contributed by atoms with Gasteiger partial charge in [0.1, 0.15) is 0 Å². The maximum Gasteiger partial charge on any atom is 0.339 e. The Morgan fingerprint density at radius 2 is 1.22 bits per heavy atom. The van der Waals surface area contributed by atoms with Crippen LogP contribution in [0.4, 0.5) is 0 Å². The van der Waals surface area contributed by atoms with Crippen LogP contribution >= 0.6 is 0 Å². The fraction of sp³-hybridized carbons (Fsp3) is 0.286. The number of carbonyl (C=O) groups excluding carboxylic acids is 2. The highest BCUT2D eigenvalue weighted by Gasteiger charge is 2.18. The highest BCUT2D eigenvalue weighted by atomic mass is 16.5. The molecule has 0 unspecified atom stereocenters. The molecule has 2 N–H and O–H groups in total. The summed E-state index contributed by atoms with van der Waals surface area (Å²) in [4.78, 5) is 44.9. The minimum atomic E-state index is -1.28. The summed E-state index contributed by atoms with van der Waals surface area (Å²) in [6, 6.07) is 15.6. The van der Waals surface area contributed by atoms with Crippen molar-refractivity contribution in [1.82, 2.24) is 0 Å². The predicted molar refractivity (Wildman–Crippen MR) is 136 cm³/mol. The van der Waals surface area contributed by atoms with Gasteiger partial charge in [0.2, 0.25) is 0 Å². The largest absolute Gasteiger partial charge is 0.478 e. The number of esters is 2. The molecule has 0 saturated carbocycles. The second-order valence-corrected chi connectivity index (χ2v) is 7.51. The molecule has 0 bridgehead atoms. The van der Waals surface area contributed by atoms with Crippen molar-refractivity contribution in [3.63, 3.8) is 0 Å². The first-order valence-corrected chi connectivity index (χ1v) is 11.6. The standard InChI is InChI=1S/C16H22O4.C12H10O4/c1-3-5-11-19-15(17)13-9-7-8-10-14(13)16(18)20-12-6-4-2;13-11(14)8-10(12(15)16)7-6-9-4-2-1-3-5-9/h7-10H,3-6,11-12H2,1-2H3;1-8H,(H,13,14)(H,15,16)/b;7-6?,10-8-. The first-order valence-electron chi connectivity index (χ1n) is 11.6. The number of carboxylic acid groups (broad SMARTS) is 2. The molecule has 192 valence electrons. The van der Waals surface area contributed by atoms with E-state index in [-0.39, 0.29) is 16.7 Å². The van der Waals surface area contributed by atoms with Crippen molar-refractivity contribution in [2.45, 2.75) is 39.5 Å². The van der Waals surface area contributed by atoms with E-state index < -0.39 is 23.9 Å². The number of aliphatic carboxylic acids is 2. The molecular weight excluding hydrogens is 464 g/mol. The molecule has 0 aromatic heterocycles. The fourth-order valence-electron chi connectivity index (χ4n) is 2.68. The minimum absolute atomic E-state index is 0.267. The van der Waals surface area contributed by atoms with Crippen LogP contribution in [0.2, 0.25) is 0 Å². The second-order valence-electron chi connectivity index (χ2n) is 7.51. The van der Waals surface area contributed by atoms with Gasteiger partial charge in [0.05, 0.1) is 29.9 Å². The summed E-state index contributed by atoms with van der Waals surface area (Å²) in [6.45, 7) is 4.78. The Balaban J connectivity index is 0.000000369. The quantitative estimate of drug-likeness (QED) is 0.173. The Kier molecular flexibility index (Phi) is 14.3. The molecule has 0 heterocycles. The van der Waals surface area contributed by atoms with Crippen LogP contribution in [0.15, 0.2) is 72.3 Å². The van der Waals surface area contributed by atoms with E-state index in [1.165, 1.54) is 6.08 Å². The summed E-state index contributed by atoms with van der Waals surface area (Å²) in [5, 5.41) is 17.2. The Bertz CT molecular complexity index is 1010. The Morgan fingerprint density at radius 3 is 1.64 bits per heavy atom. The van der Waals surface area contributed by atoms with Crippen molar-refractivity contribution < 1.29 is 38.9 Å². The second kappa shape index (κ2) is 17.3. The van der Waals surface area contributed by atoms with Gasteiger partial charge in [0, 0.05) is 6.08 Å². The van der Waals surface area contributed by atoms with Gasteiger partial charge in [-0.2, -0.15) is 0 Å². The molecule has 0 spiro atoms. The summed E-state index contributed by atoms with van der Waals surface area (Å²) < 4.78 is 10.3. The van der Waals surface area contributed by atoms with Gasteiger partial charge in [-0.25, -0.2) is 19.2 Å². The molecule has 2 aromatic rings. The zero-order valence-electron chi connectivity index (χ0n) is 20.5. The minimum Gasteiger partial charge on any atom is -0.478 e. The number of ether oxygens (including phenoxy) is 2. The molecule has 36 heavy (non-hydrogen) atoms. The first-order chi connectivity index (χ1) is 17.3. The average Bonchev–Trinajstić information content (AvgIpc) is 2.87. The van der Waals surface area contributed by atoms with Crippen LogP contribution in [0.5, 0.6) is 0 Å². The summed E-state index contributed by atoms with van der Waals surface area (Å²) in [6.07, 6.45) is 6.99. The lowest BCUT2D eigenvalue weighted by molar-refractivity contribution is -0.134. The predicted octanol–water partition coefficient (Wildman–Crippen LogP) is 5.40. The van der Waals surface area contributed by atoms with E-state index >= 15 is 0 Å². The van der Waals surface area contributed by atoms with Gasteiger partial charge in [-0.3, -0.25) is 0 Å². The van der Waals surface area contributed by atoms with Crippen molar-refractivity contribution in [1.29, 1.82) is 0 Å². The topological polar surface area (TPSA) is 127 Å². The van der Waals surface area contributed by atoms with E-state index in [0.29, 0.717) is 19.3 Å². The molecule has 8 heteroatoms. The van der Waals surface area contributed by atoms with Crippen LogP contribution in [-0.2, 0) is 19.1 Å². The van der Waals surface area contributed by atoms with Crippen molar-refractivity contribution in [3.05, 3.63) is 89.0 Å². The number of unbranched alkanes of at least 4 members (excludes halogenated alkanes) is 2. The number of rotatable bonds is 12. The first kappa shape index (κ1) is 29.8. The normalized spacial score (nSPS) is 10.8. The Morgan fingerprint density at radius 1 is 0.750 bits per heavy atom. The van der Waals surface area contributed by atoms with Gasteiger partial charge in [-0.15, -0.1) is 0 Å². The average molecular weight is 497 g/mol. The molecule has 0 saturated heterocycles. The third-order valence-corrected chi connectivity index (χ3v) is 4.61. The molecule has 0 aliphatic rings. The molecule has 0 aliphatic heterocycles. The van der Waals surface area contributed by atoms with Crippen LogP contribution < -0.4 is 0 Å². The zero-order valence-corrected chi connectivity index (χ0v) is 20.5. The molecular formula is C28H32O8. The molecule has 2 rings (SSSR count). The molecule has 0 fully saturated rings. The SMILES string of the molecule is CCCCOC(=O)c1ccccc1C(=O)OCCCC.O=C(O)/C=C(/C=Cc1ccccc1)C(=O)O. The van der Waals surface area contributed by atoms with Crippen LogP contribution in [0.25, 0.3) is 6.08 Å².